The van der Waals surface area contributed by atoms with Gasteiger partial charge in [-0.2, -0.15) is 5.26 Å². The Bertz CT molecular complexity index is 503. The van der Waals surface area contributed by atoms with Crippen LogP contribution in [-0.2, 0) is 6.42 Å². The lowest BCUT2D eigenvalue weighted by Crippen LogP contribution is -2.17. The summed E-state index contributed by atoms with van der Waals surface area (Å²) in [7, 11) is 0. The van der Waals surface area contributed by atoms with Gasteiger partial charge in [-0.15, -0.1) is 0 Å². The van der Waals surface area contributed by atoms with Crippen molar-refractivity contribution in [2.75, 3.05) is 0 Å². The average Bonchev–Trinajstić information content (AvgIpc) is 2.44. The SMILES string of the molecule is CCC(C#N)Oc1cccc2c1CCCC2=NO. The Kier molecular flexibility index (Phi) is 3.83. The van der Waals surface area contributed by atoms with Gasteiger partial charge in [0, 0.05) is 11.1 Å². The molecule has 1 unspecified atom stereocenters. The number of hydrogen-bond donors (Lipinski definition) is 1. The molecule has 1 N–H and O–H groups in total. The first kappa shape index (κ1) is 12.4. The zero-order valence-electron chi connectivity index (χ0n) is 10.4. The van der Waals surface area contributed by atoms with Crippen LogP contribution in [0.3, 0.4) is 0 Å². The normalized spacial score (nSPS) is 17.9. The minimum absolute atomic E-state index is 0.423. The molecule has 1 aromatic rings. The molecular formula is C14H16N2O2. The van der Waals surface area contributed by atoms with E-state index in [1.54, 1.807) is 0 Å². The Morgan fingerprint density at radius 2 is 2.33 bits per heavy atom. The van der Waals surface area contributed by atoms with Crippen LogP contribution in [0.15, 0.2) is 23.4 Å². The number of hydrogen-bond acceptors (Lipinski definition) is 4. The van der Waals surface area contributed by atoms with Crippen molar-refractivity contribution < 1.29 is 9.94 Å². The highest BCUT2D eigenvalue weighted by Crippen LogP contribution is 2.30. The largest absolute Gasteiger partial charge is 0.475 e. The Labute approximate surface area is 106 Å². The van der Waals surface area contributed by atoms with Gasteiger partial charge in [0.15, 0.2) is 6.10 Å². The van der Waals surface area contributed by atoms with Crippen molar-refractivity contribution in [2.45, 2.75) is 38.7 Å². The first-order valence-electron chi connectivity index (χ1n) is 6.19. The fourth-order valence-electron chi connectivity index (χ4n) is 2.23. The topological polar surface area (TPSA) is 65.6 Å². The quantitative estimate of drug-likeness (QED) is 0.656. The first-order chi connectivity index (χ1) is 8.80. The molecule has 1 aromatic carbocycles. The minimum Gasteiger partial charge on any atom is -0.475 e. The molecule has 0 fully saturated rings. The van der Waals surface area contributed by atoms with Gasteiger partial charge in [-0.3, -0.25) is 0 Å². The predicted octanol–water partition coefficient (Wildman–Crippen LogP) is 2.88. The number of rotatable bonds is 3. The van der Waals surface area contributed by atoms with E-state index in [2.05, 4.69) is 11.2 Å². The van der Waals surface area contributed by atoms with Crippen LogP contribution in [0.4, 0.5) is 0 Å². The number of oxime groups is 1. The second kappa shape index (κ2) is 5.54. The number of benzene rings is 1. The van der Waals surface area contributed by atoms with Gasteiger partial charge in [0.2, 0.25) is 0 Å². The second-order valence-corrected chi connectivity index (χ2v) is 4.33. The van der Waals surface area contributed by atoms with E-state index in [-0.39, 0.29) is 0 Å². The van der Waals surface area contributed by atoms with Gasteiger partial charge in [0.1, 0.15) is 11.8 Å². The molecule has 0 aromatic heterocycles. The highest BCUT2D eigenvalue weighted by molar-refractivity contribution is 6.02. The van der Waals surface area contributed by atoms with Gasteiger partial charge in [-0.25, -0.2) is 0 Å². The minimum atomic E-state index is -0.423. The van der Waals surface area contributed by atoms with E-state index in [4.69, 9.17) is 15.2 Å². The van der Waals surface area contributed by atoms with Gasteiger partial charge < -0.3 is 9.94 Å². The summed E-state index contributed by atoms with van der Waals surface area (Å²) < 4.78 is 5.71. The van der Waals surface area contributed by atoms with Crippen molar-refractivity contribution in [3.8, 4) is 11.8 Å². The van der Waals surface area contributed by atoms with Crippen molar-refractivity contribution in [2.24, 2.45) is 5.16 Å². The number of fused-ring (bicyclic) bond motifs is 1. The van der Waals surface area contributed by atoms with Crippen LogP contribution in [0.1, 0.15) is 37.3 Å². The molecule has 0 radical (unpaired) electrons. The summed E-state index contributed by atoms with van der Waals surface area (Å²) >= 11 is 0. The summed E-state index contributed by atoms with van der Waals surface area (Å²) in [4.78, 5) is 0. The van der Waals surface area contributed by atoms with E-state index in [1.807, 2.05) is 25.1 Å². The standard InChI is InChI=1S/C14H16N2O2/c1-2-10(9-15)18-14-8-4-5-11-12(14)6-3-7-13(11)16-17/h4-5,8,10,17H,2-3,6-7H2,1H3. The molecule has 94 valence electrons. The van der Waals surface area contributed by atoms with E-state index in [0.717, 1.165) is 36.1 Å². The van der Waals surface area contributed by atoms with Gasteiger partial charge in [-0.1, -0.05) is 24.2 Å². The third kappa shape index (κ3) is 2.30. The smallest absolute Gasteiger partial charge is 0.184 e. The van der Waals surface area contributed by atoms with Crippen LogP contribution >= 0.6 is 0 Å². The van der Waals surface area contributed by atoms with Gasteiger partial charge in [0.25, 0.3) is 0 Å². The van der Waals surface area contributed by atoms with Gasteiger partial charge in [0.05, 0.1) is 5.71 Å². The van der Waals surface area contributed by atoms with Crippen LogP contribution in [-0.4, -0.2) is 17.0 Å². The molecule has 18 heavy (non-hydrogen) atoms. The number of nitriles is 1. The van der Waals surface area contributed by atoms with Gasteiger partial charge >= 0.3 is 0 Å². The Balaban J connectivity index is 2.36. The molecule has 0 spiro atoms. The lowest BCUT2D eigenvalue weighted by molar-refractivity contribution is 0.249. The molecule has 2 rings (SSSR count). The maximum atomic E-state index is 9.00. The van der Waals surface area contributed by atoms with E-state index < -0.39 is 6.10 Å². The Hall–Kier alpha value is -2.02. The molecule has 0 saturated heterocycles. The molecule has 1 atom stereocenters. The van der Waals surface area contributed by atoms with Crippen molar-refractivity contribution in [1.82, 2.24) is 0 Å². The first-order valence-corrected chi connectivity index (χ1v) is 6.19. The van der Waals surface area contributed by atoms with Crippen molar-refractivity contribution in [1.29, 1.82) is 5.26 Å². The third-order valence-electron chi connectivity index (χ3n) is 3.19. The van der Waals surface area contributed by atoms with Crippen LogP contribution < -0.4 is 4.74 Å². The summed E-state index contributed by atoms with van der Waals surface area (Å²) in [5, 5.41) is 21.3. The molecule has 4 nitrogen and oxygen atoms in total. The van der Waals surface area contributed by atoms with Gasteiger partial charge in [-0.05, 0) is 31.7 Å². The molecule has 0 aliphatic heterocycles. The summed E-state index contributed by atoms with van der Waals surface area (Å²) in [6.07, 6.45) is 2.85. The van der Waals surface area contributed by atoms with Crippen molar-refractivity contribution >= 4 is 5.71 Å². The number of nitrogens with zero attached hydrogens (tertiary/aromatic N) is 2. The monoisotopic (exact) mass is 244 g/mol. The van der Waals surface area contributed by atoms with Crippen LogP contribution in [0.2, 0.25) is 0 Å². The zero-order valence-corrected chi connectivity index (χ0v) is 10.4. The third-order valence-corrected chi connectivity index (χ3v) is 3.19. The van der Waals surface area contributed by atoms with Crippen LogP contribution in [0.5, 0.6) is 5.75 Å². The summed E-state index contributed by atoms with van der Waals surface area (Å²) in [5.41, 5.74) is 2.69. The van der Waals surface area contributed by atoms with Crippen molar-refractivity contribution in [3.05, 3.63) is 29.3 Å². The average molecular weight is 244 g/mol. The second-order valence-electron chi connectivity index (χ2n) is 4.33. The molecule has 0 amide bonds. The van der Waals surface area contributed by atoms with E-state index >= 15 is 0 Å². The Morgan fingerprint density at radius 1 is 1.50 bits per heavy atom. The predicted molar refractivity (Wildman–Crippen MR) is 68.0 cm³/mol. The highest BCUT2D eigenvalue weighted by Gasteiger charge is 2.20. The van der Waals surface area contributed by atoms with Crippen LogP contribution in [0, 0.1) is 11.3 Å². The molecule has 0 saturated carbocycles. The summed E-state index contributed by atoms with van der Waals surface area (Å²) in [6, 6.07) is 7.81. The van der Waals surface area contributed by atoms with E-state index in [0.29, 0.717) is 12.1 Å². The fraction of sp³-hybridized carbons (Fsp3) is 0.429. The number of ether oxygens (including phenoxy) is 1. The lowest BCUT2D eigenvalue weighted by Gasteiger charge is -2.21. The summed E-state index contributed by atoms with van der Waals surface area (Å²) in [6.45, 7) is 1.92. The highest BCUT2D eigenvalue weighted by atomic mass is 16.5. The summed E-state index contributed by atoms with van der Waals surface area (Å²) in [5.74, 6) is 0.738. The maximum Gasteiger partial charge on any atom is 0.184 e. The van der Waals surface area contributed by atoms with E-state index in [1.165, 1.54) is 0 Å². The maximum absolute atomic E-state index is 9.00. The molecule has 0 bridgehead atoms. The molecule has 1 aliphatic rings. The molecular weight excluding hydrogens is 228 g/mol. The van der Waals surface area contributed by atoms with Crippen LogP contribution in [0.25, 0.3) is 0 Å². The molecule has 4 heteroatoms. The fourth-order valence-corrected chi connectivity index (χ4v) is 2.23. The molecule has 1 aliphatic carbocycles. The zero-order chi connectivity index (χ0) is 13.0. The lowest BCUT2D eigenvalue weighted by atomic mass is 9.89. The Morgan fingerprint density at radius 3 is 3.00 bits per heavy atom. The van der Waals surface area contributed by atoms with E-state index in [9.17, 15) is 0 Å². The van der Waals surface area contributed by atoms with Crippen molar-refractivity contribution in [3.63, 3.8) is 0 Å². The molecule has 0 heterocycles.